The van der Waals surface area contributed by atoms with Gasteiger partial charge in [0.1, 0.15) is 0 Å². The fourth-order valence-electron chi connectivity index (χ4n) is 2.48. The summed E-state index contributed by atoms with van der Waals surface area (Å²) in [5.74, 6) is -1.00. The summed E-state index contributed by atoms with van der Waals surface area (Å²) in [7, 11) is 0. The largest absolute Gasteiger partial charge is 0.481 e. The maximum Gasteiger partial charge on any atom is 0.303 e. The van der Waals surface area contributed by atoms with Crippen LogP contribution in [0.3, 0.4) is 0 Å². The zero-order valence-electron chi connectivity index (χ0n) is 12.5. The van der Waals surface area contributed by atoms with Crippen LogP contribution in [0.15, 0.2) is 18.2 Å². The maximum atomic E-state index is 12.3. The van der Waals surface area contributed by atoms with Crippen molar-refractivity contribution in [2.24, 2.45) is 0 Å². The zero-order chi connectivity index (χ0) is 15.5. The molecule has 5 nitrogen and oxygen atoms in total. The van der Waals surface area contributed by atoms with Gasteiger partial charge in [-0.2, -0.15) is 0 Å². The molecule has 1 aromatic carbocycles. The molecule has 1 aliphatic heterocycles. The van der Waals surface area contributed by atoms with E-state index in [4.69, 9.17) is 5.11 Å². The van der Waals surface area contributed by atoms with Gasteiger partial charge < -0.3 is 15.7 Å². The molecule has 3 N–H and O–H groups in total. The summed E-state index contributed by atoms with van der Waals surface area (Å²) in [5, 5.41) is 14.9. The van der Waals surface area contributed by atoms with E-state index in [1.165, 1.54) is 5.56 Å². The molecule has 5 heteroatoms. The Balaban J connectivity index is 2.04. The SMILES string of the molecule is CC(C)(CCC(=O)O)NC(=O)c1ccc2c(c1)CNCC2. The smallest absolute Gasteiger partial charge is 0.303 e. The molecular weight excluding hydrogens is 268 g/mol. The molecule has 0 aliphatic carbocycles. The Morgan fingerprint density at radius 2 is 2.10 bits per heavy atom. The second-order valence-electron chi connectivity index (χ2n) is 6.14. The van der Waals surface area contributed by atoms with Crippen LogP contribution in [0.1, 0.15) is 48.2 Å². The first-order chi connectivity index (χ1) is 9.87. The van der Waals surface area contributed by atoms with Crippen molar-refractivity contribution in [3.8, 4) is 0 Å². The number of nitrogens with one attached hydrogen (secondary N) is 2. The molecule has 114 valence electrons. The molecule has 0 fully saturated rings. The van der Waals surface area contributed by atoms with Crippen LogP contribution in [0.25, 0.3) is 0 Å². The predicted octanol–water partition coefficient (Wildman–Crippen LogP) is 1.71. The lowest BCUT2D eigenvalue weighted by Gasteiger charge is -2.26. The van der Waals surface area contributed by atoms with E-state index >= 15 is 0 Å². The quantitative estimate of drug-likeness (QED) is 0.771. The Morgan fingerprint density at radius 1 is 1.33 bits per heavy atom. The van der Waals surface area contributed by atoms with Crippen molar-refractivity contribution >= 4 is 11.9 Å². The number of carbonyl (C=O) groups is 2. The first kappa shape index (κ1) is 15.5. The molecule has 0 radical (unpaired) electrons. The van der Waals surface area contributed by atoms with Crippen LogP contribution < -0.4 is 10.6 Å². The molecule has 0 spiro atoms. The third-order valence-corrected chi connectivity index (χ3v) is 3.77. The van der Waals surface area contributed by atoms with Crippen LogP contribution in [0, 0.1) is 0 Å². The molecule has 0 atom stereocenters. The van der Waals surface area contributed by atoms with Crippen LogP contribution in [0.2, 0.25) is 0 Å². The summed E-state index contributed by atoms with van der Waals surface area (Å²) in [6, 6.07) is 5.77. The average molecular weight is 290 g/mol. The molecule has 0 saturated heterocycles. The van der Waals surface area contributed by atoms with Crippen molar-refractivity contribution in [3.63, 3.8) is 0 Å². The number of amides is 1. The minimum atomic E-state index is -0.850. The van der Waals surface area contributed by atoms with Gasteiger partial charge in [0.2, 0.25) is 0 Å². The summed E-state index contributed by atoms with van der Waals surface area (Å²) in [4.78, 5) is 23.0. The van der Waals surface area contributed by atoms with Crippen molar-refractivity contribution in [2.45, 2.75) is 45.2 Å². The molecular formula is C16H22N2O3. The predicted molar refractivity (Wildman–Crippen MR) is 80.3 cm³/mol. The Hall–Kier alpha value is -1.88. The van der Waals surface area contributed by atoms with Gasteiger partial charge in [0.05, 0.1) is 0 Å². The fourth-order valence-corrected chi connectivity index (χ4v) is 2.48. The standard InChI is InChI=1S/C16H22N2O3/c1-16(2,7-5-14(19)20)18-15(21)12-4-3-11-6-8-17-10-13(11)9-12/h3-4,9,17H,5-8,10H2,1-2H3,(H,18,21)(H,19,20). The average Bonchev–Trinajstić information content (AvgIpc) is 2.44. The van der Waals surface area contributed by atoms with Crippen molar-refractivity contribution in [3.05, 3.63) is 34.9 Å². The van der Waals surface area contributed by atoms with E-state index in [1.54, 1.807) is 0 Å². The van der Waals surface area contributed by atoms with Gasteiger partial charge in [-0.25, -0.2) is 0 Å². The van der Waals surface area contributed by atoms with Gasteiger partial charge in [-0.3, -0.25) is 9.59 Å². The highest BCUT2D eigenvalue weighted by Crippen LogP contribution is 2.17. The first-order valence-corrected chi connectivity index (χ1v) is 7.24. The van der Waals surface area contributed by atoms with E-state index in [-0.39, 0.29) is 12.3 Å². The maximum absolute atomic E-state index is 12.3. The third kappa shape index (κ3) is 4.29. The minimum absolute atomic E-state index is 0.0430. The van der Waals surface area contributed by atoms with E-state index in [0.717, 1.165) is 25.1 Å². The summed E-state index contributed by atoms with van der Waals surface area (Å²) >= 11 is 0. The van der Waals surface area contributed by atoms with Crippen molar-refractivity contribution in [1.29, 1.82) is 0 Å². The topological polar surface area (TPSA) is 78.4 Å². The highest BCUT2D eigenvalue weighted by molar-refractivity contribution is 5.95. The normalized spacial score (nSPS) is 14.4. The summed E-state index contributed by atoms with van der Waals surface area (Å²) in [5.41, 5.74) is 2.54. The Morgan fingerprint density at radius 3 is 2.81 bits per heavy atom. The number of rotatable bonds is 5. The minimum Gasteiger partial charge on any atom is -0.481 e. The number of benzene rings is 1. The van der Waals surface area contributed by atoms with Gasteiger partial charge in [0.25, 0.3) is 5.91 Å². The van der Waals surface area contributed by atoms with Crippen molar-refractivity contribution in [2.75, 3.05) is 6.54 Å². The van der Waals surface area contributed by atoms with Gasteiger partial charge in [-0.1, -0.05) is 6.07 Å². The lowest BCUT2D eigenvalue weighted by molar-refractivity contribution is -0.137. The fraction of sp³-hybridized carbons (Fsp3) is 0.500. The Labute approximate surface area is 124 Å². The molecule has 0 aromatic heterocycles. The first-order valence-electron chi connectivity index (χ1n) is 7.24. The second kappa shape index (κ2) is 6.26. The molecule has 1 aromatic rings. The molecule has 2 rings (SSSR count). The van der Waals surface area contributed by atoms with E-state index in [2.05, 4.69) is 10.6 Å². The molecule has 21 heavy (non-hydrogen) atoms. The van der Waals surface area contributed by atoms with Gasteiger partial charge in [0, 0.05) is 24.1 Å². The monoisotopic (exact) mass is 290 g/mol. The molecule has 0 unspecified atom stereocenters. The second-order valence-corrected chi connectivity index (χ2v) is 6.14. The van der Waals surface area contributed by atoms with E-state index in [9.17, 15) is 9.59 Å². The number of hydrogen-bond donors (Lipinski definition) is 3. The number of carbonyl (C=O) groups excluding carboxylic acids is 1. The Kier molecular flexibility index (Phi) is 4.63. The summed E-state index contributed by atoms with van der Waals surface area (Å²) in [6.07, 6.45) is 1.43. The summed E-state index contributed by atoms with van der Waals surface area (Å²) in [6.45, 7) is 5.45. The number of carboxylic acid groups (broad SMARTS) is 1. The zero-order valence-corrected chi connectivity index (χ0v) is 12.5. The highest BCUT2D eigenvalue weighted by atomic mass is 16.4. The highest BCUT2D eigenvalue weighted by Gasteiger charge is 2.22. The van der Waals surface area contributed by atoms with Gasteiger partial charge in [0.15, 0.2) is 0 Å². The van der Waals surface area contributed by atoms with Crippen LogP contribution >= 0.6 is 0 Å². The van der Waals surface area contributed by atoms with Crippen molar-refractivity contribution < 1.29 is 14.7 Å². The van der Waals surface area contributed by atoms with Gasteiger partial charge >= 0.3 is 5.97 Å². The molecule has 1 heterocycles. The lowest BCUT2D eigenvalue weighted by Crippen LogP contribution is -2.43. The number of hydrogen-bond acceptors (Lipinski definition) is 3. The van der Waals surface area contributed by atoms with E-state index in [1.807, 2.05) is 32.0 Å². The number of aliphatic carboxylic acids is 1. The molecule has 0 saturated carbocycles. The number of fused-ring (bicyclic) bond motifs is 1. The number of carboxylic acids is 1. The van der Waals surface area contributed by atoms with E-state index in [0.29, 0.717) is 12.0 Å². The lowest BCUT2D eigenvalue weighted by atomic mass is 9.96. The van der Waals surface area contributed by atoms with Gasteiger partial charge in [-0.15, -0.1) is 0 Å². The Bertz CT molecular complexity index is 552. The third-order valence-electron chi connectivity index (χ3n) is 3.77. The van der Waals surface area contributed by atoms with Crippen molar-refractivity contribution in [1.82, 2.24) is 10.6 Å². The van der Waals surface area contributed by atoms with E-state index < -0.39 is 11.5 Å². The van der Waals surface area contributed by atoms with Crippen LogP contribution in [-0.2, 0) is 17.8 Å². The van der Waals surface area contributed by atoms with Crippen LogP contribution in [-0.4, -0.2) is 29.1 Å². The van der Waals surface area contributed by atoms with Crippen LogP contribution in [0.5, 0.6) is 0 Å². The molecule has 1 aliphatic rings. The summed E-state index contributed by atoms with van der Waals surface area (Å²) < 4.78 is 0. The van der Waals surface area contributed by atoms with Gasteiger partial charge in [-0.05, 0) is 56.5 Å². The van der Waals surface area contributed by atoms with Crippen LogP contribution in [0.4, 0.5) is 0 Å². The molecule has 1 amide bonds. The molecule has 0 bridgehead atoms.